The molecule has 1 saturated carbocycles. The topological polar surface area (TPSA) is 41.5 Å². The molecule has 0 unspecified atom stereocenters. The molecular formula is C13H19NO2. The SMILES string of the molecule is CNc1ccc(O)c(OC2CCCCC2)c1. The third kappa shape index (κ3) is 2.60. The lowest BCUT2D eigenvalue weighted by atomic mass is 9.98. The molecular weight excluding hydrogens is 202 g/mol. The van der Waals surface area contributed by atoms with E-state index in [2.05, 4.69) is 5.32 Å². The molecule has 16 heavy (non-hydrogen) atoms. The lowest BCUT2D eigenvalue weighted by Crippen LogP contribution is -2.19. The largest absolute Gasteiger partial charge is 0.504 e. The van der Waals surface area contributed by atoms with E-state index in [1.54, 1.807) is 6.07 Å². The number of phenolic OH excluding ortho intramolecular Hbond substituents is 1. The van der Waals surface area contributed by atoms with Crippen molar-refractivity contribution in [2.24, 2.45) is 0 Å². The average Bonchev–Trinajstić information content (AvgIpc) is 2.33. The first-order valence-corrected chi connectivity index (χ1v) is 5.97. The average molecular weight is 221 g/mol. The molecule has 0 amide bonds. The molecule has 0 radical (unpaired) electrons. The second-order valence-electron chi connectivity index (χ2n) is 4.31. The molecule has 2 rings (SSSR count). The molecule has 2 N–H and O–H groups in total. The minimum absolute atomic E-state index is 0.226. The predicted molar refractivity (Wildman–Crippen MR) is 65.2 cm³/mol. The summed E-state index contributed by atoms with van der Waals surface area (Å²) in [6.45, 7) is 0. The molecule has 3 nitrogen and oxygen atoms in total. The summed E-state index contributed by atoms with van der Waals surface area (Å²) in [6.07, 6.45) is 6.25. The van der Waals surface area contributed by atoms with E-state index in [1.165, 1.54) is 19.3 Å². The Balaban J connectivity index is 2.06. The van der Waals surface area contributed by atoms with E-state index in [1.807, 2.05) is 19.2 Å². The van der Waals surface area contributed by atoms with E-state index in [0.29, 0.717) is 5.75 Å². The summed E-state index contributed by atoms with van der Waals surface area (Å²) in [6, 6.07) is 5.36. The lowest BCUT2D eigenvalue weighted by Gasteiger charge is -2.23. The number of aromatic hydroxyl groups is 1. The fourth-order valence-electron chi connectivity index (χ4n) is 2.13. The number of benzene rings is 1. The van der Waals surface area contributed by atoms with E-state index < -0.39 is 0 Å². The number of hydrogen-bond donors (Lipinski definition) is 2. The van der Waals surface area contributed by atoms with Crippen molar-refractivity contribution < 1.29 is 9.84 Å². The van der Waals surface area contributed by atoms with Crippen LogP contribution in [0.25, 0.3) is 0 Å². The van der Waals surface area contributed by atoms with E-state index in [0.717, 1.165) is 18.5 Å². The van der Waals surface area contributed by atoms with Gasteiger partial charge in [0.25, 0.3) is 0 Å². The summed E-state index contributed by atoms with van der Waals surface area (Å²) in [4.78, 5) is 0. The van der Waals surface area contributed by atoms with Crippen LogP contribution < -0.4 is 10.1 Å². The Kier molecular flexibility index (Phi) is 3.54. The van der Waals surface area contributed by atoms with E-state index in [9.17, 15) is 5.11 Å². The fraction of sp³-hybridized carbons (Fsp3) is 0.538. The number of rotatable bonds is 3. The van der Waals surface area contributed by atoms with Crippen LogP contribution in [0.3, 0.4) is 0 Å². The molecule has 88 valence electrons. The second kappa shape index (κ2) is 5.10. The molecule has 1 aliphatic carbocycles. The zero-order chi connectivity index (χ0) is 11.4. The summed E-state index contributed by atoms with van der Waals surface area (Å²) in [5.41, 5.74) is 0.962. The van der Waals surface area contributed by atoms with Gasteiger partial charge in [-0.15, -0.1) is 0 Å². The highest BCUT2D eigenvalue weighted by molar-refractivity contribution is 5.53. The second-order valence-corrected chi connectivity index (χ2v) is 4.31. The summed E-state index contributed by atoms with van der Waals surface area (Å²) >= 11 is 0. The predicted octanol–water partition coefficient (Wildman–Crippen LogP) is 3.15. The van der Waals surface area contributed by atoms with Crippen molar-refractivity contribution in [2.45, 2.75) is 38.2 Å². The Morgan fingerprint density at radius 2 is 2.00 bits per heavy atom. The van der Waals surface area contributed by atoms with Gasteiger partial charge in [-0.05, 0) is 37.8 Å². The number of nitrogens with one attached hydrogen (secondary N) is 1. The minimum Gasteiger partial charge on any atom is -0.504 e. The molecule has 0 aliphatic heterocycles. The highest BCUT2D eigenvalue weighted by Crippen LogP contribution is 2.32. The smallest absolute Gasteiger partial charge is 0.163 e. The van der Waals surface area contributed by atoms with Crippen molar-refractivity contribution in [2.75, 3.05) is 12.4 Å². The van der Waals surface area contributed by atoms with Gasteiger partial charge in [-0.3, -0.25) is 0 Å². The Bertz CT molecular complexity index is 346. The fourth-order valence-corrected chi connectivity index (χ4v) is 2.13. The van der Waals surface area contributed by atoms with Gasteiger partial charge in [-0.1, -0.05) is 6.42 Å². The van der Waals surface area contributed by atoms with Gasteiger partial charge in [0.1, 0.15) is 0 Å². The normalized spacial score (nSPS) is 17.1. The van der Waals surface area contributed by atoms with Crippen LogP contribution in [0.2, 0.25) is 0 Å². The van der Waals surface area contributed by atoms with Crippen molar-refractivity contribution in [3.05, 3.63) is 18.2 Å². The van der Waals surface area contributed by atoms with Gasteiger partial charge in [-0.25, -0.2) is 0 Å². The Morgan fingerprint density at radius 3 is 2.69 bits per heavy atom. The van der Waals surface area contributed by atoms with Crippen LogP contribution in [0.4, 0.5) is 5.69 Å². The molecule has 0 heterocycles. The summed E-state index contributed by atoms with van der Waals surface area (Å²) in [5, 5.41) is 12.7. The molecule has 0 spiro atoms. The molecule has 1 aromatic rings. The first kappa shape index (κ1) is 11.1. The Morgan fingerprint density at radius 1 is 1.25 bits per heavy atom. The van der Waals surface area contributed by atoms with Crippen molar-refractivity contribution in [1.29, 1.82) is 0 Å². The molecule has 0 aromatic heterocycles. The number of phenols is 1. The number of anilines is 1. The van der Waals surface area contributed by atoms with Gasteiger partial charge in [0.05, 0.1) is 6.10 Å². The van der Waals surface area contributed by atoms with Gasteiger partial charge >= 0.3 is 0 Å². The monoisotopic (exact) mass is 221 g/mol. The Labute approximate surface area is 96.4 Å². The molecule has 0 bridgehead atoms. The van der Waals surface area contributed by atoms with Crippen LogP contribution in [0.1, 0.15) is 32.1 Å². The van der Waals surface area contributed by atoms with Crippen molar-refractivity contribution in [1.82, 2.24) is 0 Å². The zero-order valence-corrected chi connectivity index (χ0v) is 9.70. The van der Waals surface area contributed by atoms with Gasteiger partial charge in [0.2, 0.25) is 0 Å². The maximum Gasteiger partial charge on any atom is 0.163 e. The van der Waals surface area contributed by atoms with Crippen LogP contribution in [-0.4, -0.2) is 18.3 Å². The molecule has 0 saturated heterocycles. The molecule has 1 aliphatic rings. The number of ether oxygens (including phenoxy) is 1. The maximum atomic E-state index is 9.71. The van der Waals surface area contributed by atoms with E-state index >= 15 is 0 Å². The minimum atomic E-state index is 0.226. The molecule has 0 atom stereocenters. The van der Waals surface area contributed by atoms with E-state index in [4.69, 9.17) is 4.74 Å². The number of hydrogen-bond acceptors (Lipinski definition) is 3. The van der Waals surface area contributed by atoms with Crippen LogP contribution in [0.5, 0.6) is 11.5 Å². The quantitative estimate of drug-likeness (QED) is 0.770. The highest BCUT2D eigenvalue weighted by atomic mass is 16.5. The summed E-state index contributed by atoms with van der Waals surface area (Å²) in [5.74, 6) is 0.823. The first-order valence-electron chi connectivity index (χ1n) is 5.97. The summed E-state index contributed by atoms with van der Waals surface area (Å²) in [7, 11) is 1.86. The van der Waals surface area contributed by atoms with Crippen molar-refractivity contribution >= 4 is 5.69 Å². The van der Waals surface area contributed by atoms with Gasteiger partial charge in [0, 0.05) is 18.8 Å². The van der Waals surface area contributed by atoms with Gasteiger partial charge < -0.3 is 15.2 Å². The van der Waals surface area contributed by atoms with Crippen molar-refractivity contribution in [3.63, 3.8) is 0 Å². The Hall–Kier alpha value is -1.38. The van der Waals surface area contributed by atoms with Crippen LogP contribution in [0, 0.1) is 0 Å². The van der Waals surface area contributed by atoms with Gasteiger partial charge in [0.15, 0.2) is 11.5 Å². The molecule has 1 fully saturated rings. The van der Waals surface area contributed by atoms with Crippen LogP contribution in [-0.2, 0) is 0 Å². The van der Waals surface area contributed by atoms with Crippen molar-refractivity contribution in [3.8, 4) is 11.5 Å². The standard InChI is InChI=1S/C13H19NO2/c1-14-10-7-8-12(15)13(9-10)16-11-5-3-2-4-6-11/h7-9,11,14-15H,2-6H2,1H3. The van der Waals surface area contributed by atoms with Crippen LogP contribution in [0.15, 0.2) is 18.2 Å². The summed E-state index contributed by atoms with van der Waals surface area (Å²) < 4.78 is 5.84. The molecule has 3 heteroatoms. The lowest BCUT2D eigenvalue weighted by molar-refractivity contribution is 0.150. The highest BCUT2D eigenvalue weighted by Gasteiger charge is 2.16. The van der Waals surface area contributed by atoms with E-state index in [-0.39, 0.29) is 11.9 Å². The third-order valence-electron chi connectivity index (χ3n) is 3.09. The molecule has 1 aromatic carbocycles. The van der Waals surface area contributed by atoms with Gasteiger partial charge in [-0.2, -0.15) is 0 Å². The first-order chi connectivity index (χ1) is 7.79. The third-order valence-corrected chi connectivity index (χ3v) is 3.09. The maximum absolute atomic E-state index is 9.71. The zero-order valence-electron chi connectivity index (χ0n) is 9.70. The van der Waals surface area contributed by atoms with Crippen LogP contribution >= 0.6 is 0 Å².